The quantitative estimate of drug-likeness (QED) is 0.0474. The Morgan fingerprint density at radius 1 is 0.328 bits per heavy atom. The third kappa shape index (κ3) is 23.9. The molecule has 0 saturated heterocycles. The molecule has 0 unspecified atom stereocenters. The van der Waals surface area contributed by atoms with Gasteiger partial charge in [-0.05, 0) is 61.1 Å². The number of benzene rings is 2. The van der Waals surface area contributed by atoms with Crippen molar-refractivity contribution in [2.24, 2.45) is 0 Å². The van der Waals surface area contributed by atoms with Crippen LogP contribution in [-0.4, -0.2) is 4.70 Å². The summed E-state index contributed by atoms with van der Waals surface area (Å²) in [6.07, 6.45) is 57.3. The minimum atomic E-state index is 0.878. The highest BCUT2D eigenvalue weighted by atomic mass is 15.2. The molecule has 58 heavy (non-hydrogen) atoms. The first-order chi connectivity index (χ1) is 28.7. The first-order valence-electron chi connectivity index (χ1n) is 25.8. The lowest BCUT2D eigenvalue weighted by atomic mass is 10.0. The molecule has 326 valence electrons. The molecule has 0 bridgehead atoms. The molecule has 0 fully saturated rings. The van der Waals surface area contributed by atoms with Gasteiger partial charge in [0.2, 0.25) is 11.4 Å². The largest absolute Gasteiger partial charge is 0.493 e. The first-order valence-corrected chi connectivity index (χ1v) is 25.8. The minimum Gasteiger partial charge on any atom is -0.493 e. The predicted molar refractivity (Wildman–Crippen MR) is 257 cm³/mol. The van der Waals surface area contributed by atoms with Crippen LogP contribution in [0, 0.1) is 0 Å². The molecule has 3 rings (SSSR count). The molecular formula is C56H92N2. The van der Waals surface area contributed by atoms with E-state index in [-0.39, 0.29) is 0 Å². The molecule has 0 saturated carbocycles. The number of nitrogens with zero attached hydrogens (tertiary/aromatic N) is 2. The summed E-state index contributed by atoms with van der Waals surface area (Å²) in [5.74, 6) is 0. The van der Waals surface area contributed by atoms with Crippen molar-refractivity contribution in [3.8, 4) is 0 Å². The molecule has 0 atom stereocenters. The molecule has 0 amide bonds. The second kappa shape index (κ2) is 35.3. The maximum absolute atomic E-state index is 11.3. The summed E-state index contributed by atoms with van der Waals surface area (Å²) in [7, 11) is 0. The Morgan fingerprint density at radius 2 is 0.569 bits per heavy atom. The van der Waals surface area contributed by atoms with E-state index >= 15 is 0 Å². The van der Waals surface area contributed by atoms with Gasteiger partial charge in [0.15, 0.2) is 0 Å². The van der Waals surface area contributed by atoms with Crippen LogP contribution < -0.4 is 0 Å². The summed E-state index contributed by atoms with van der Waals surface area (Å²) in [5, 5.41) is 0. The Balaban J connectivity index is 1.18. The maximum atomic E-state index is 11.3. The zero-order valence-corrected chi connectivity index (χ0v) is 38.5. The topological polar surface area (TPSA) is 25.3 Å². The van der Waals surface area contributed by atoms with E-state index in [0.29, 0.717) is 0 Å². The van der Waals surface area contributed by atoms with Gasteiger partial charge in [-0.1, -0.05) is 256 Å². The van der Waals surface area contributed by atoms with Crippen LogP contribution in [0.3, 0.4) is 0 Å². The summed E-state index contributed by atoms with van der Waals surface area (Å²) in [6.45, 7) is 4.60. The summed E-state index contributed by atoms with van der Waals surface area (Å²) in [4.78, 5) is 0. The van der Waals surface area contributed by atoms with Gasteiger partial charge in [-0.25, -0.2) is 4.70 Å². The summed E-state index contributed by atoms with van der Waals surface area (Å²) < 4.78 is 1.41. The van der Waals surface area contributed by atoms with Crippen molar-refractivity contribution in [2.75, 3.05) is 0 Å². The van der Waals surface area contributed by atoms with E-state index in [1.165, 1.54) is 247 Å². The third-order valence-electron chi connectivity index (χ3n) is 12.9. The fourth-order valence-corrected chi connectivity index (χ4v) is 9.10. The van der Waals surface area contributed by atoms with Crippen molar-refractivity contribution in [1.29, 1.82) is 0 Å². The van der Waals surface area contributed by atoms with Crippen LogP contribution in [0.1, 0.15) is 267 Å². The number of aryl methyl sites for hydroxylation is 2. The Bertz CT molecular complexity index is 1250. The third-order valence-corrected chi connectivity index (χ3v) is 12.9. The number of rotatable bonds is 40. The monoisotopic (exact) mass is 793 g/mol. The fourth-order valence-electron chi connectivity index (χ4n) is 9.10. The first kappa shape index (κ1) is 49.9. The number of hydrogen-bond acceptors (Lipinski definition) is 0. The van der Waals surface area contributed by atoms with Gasteiger partial charge >= 0.3 is 0 Å². The van der Waals surface area contributed by atoms with Crippen molar-refractivity contribution in [3.05, 3.63) is 88.5 Å². The lowest BCUT2D eigenvalue weighted by Gasteiger charge is -2.11. The molecule has 1 heterocycles. The molecule has 1 aliphatic rings. The van der Waals surface area contributed by atoms with Gasteiger partial charge in [0.1, 0.15) is 0 Å². The highest BCUT2D eigenvalue weighted by Gasteiger charge is 2.23. The van der Waals surface area contributed by atoms with E-state index < -0.39 is 0 Å². The number of unbranched alkanes of at least 4 members (excludes halogenated alkanes) is 34. The van der Waals surface area contributed by atoms with E-state index in [1.807, 2.05) is 0 Å². The van der Waals surface area contributed by atoms with Crippen LogP contribution in [0.2, 0.25) is 0 Å². The lowest BCUT2D eigenvalue weighted by molar-refractivity contribution is -0.344. The molecule has 1 aliphatic heterocycles. The van der Waals surface area contributed by atoms with Crippen LogP contribution >= 0.6 is 0 Å². The predicted octanol–water partition coefficient (Wildman–Crippen LogP) is 19.3. The van der Waals surface area contributed by atoms with Crippen molar-refractivity contribution < 1.29 is 4.70 Å². The van der Waals surface area contributed by atoms with E-state index in [9.17, 15) is 5.53 Å². The number of allylic oxidation sites excluding steroid dienone is 2. The molecule has 2 heteroatoms. The Hall–Kier alpha value is -2.48. The second-order valence-corrected chi connectivity index (χ2v) is 18.3. The van der Waals surface area contributed by atoms with Gasteiger partial charge in [0, 0.05) is 23.3 Å². The Labute approximate surface area is 361 Å². The molecule has 2 aromatic carbocycles. The van der Waals surface area contributed by atoms with Crippen LogP contribution in [-0.2, 0) is 12.8 Å². The SMILES string of the molecule is CCCCCCCCCCCCCCCCCCCCc1cccc(C2=CC=C(c3cccc(CCCCCCCCCCCCCCCCCCCC)c3)[N+]2=[N-])c1. The normalized spacial score (nSPS) is 12.8. The summed E-state index contributed by atoms with van der Waals surface area (Å²) in [5.41, 5.74) is 18.0. The number of hydrogen-bond donors (Lipinski definition) is 0. The molecule has 0 spiro atoms. The van der Waals surface area contributed by atoms with Crippen molar-refractivity contribution in [2.45, 2.75) is 258 Å². The van der Waals surface area contributed by atoms with Gasteiger partial charge < -0.3 is 5.53 Å². The highest BCUT2D eigenvalue weighted by molar-refractivity contribution is 5.75. The van der Waals surface area contributed by atoms with E-state index in [4.69, 9.17) is 0 Å². The van der Waals surface area contributed by atoms with Gasteiger partial charge in [-0.2, -0.15) is 0 Å². The molecule has 2 nitrogen and oxygen atoms in total. The van der Waals surface area contributed by atoms with Crippen molar-refractivity contribution >= 4 is 11.4 Å². The zero-order valence-electron chi connectivity index (χ0n) is 38.5. The molecule has 2 aromatic rings. The average molecular weight is 793 g/mol. The second-order valence-electron chi connectivity index (χ2n) is 18.3. The average Bonchev–Trinajstić information content (AvgIpc) is 3.64. The van der Waals surface area contributed by atoms with E-state index in [1.54, 1.807) is 0 Å². The minimum absolute atomic E-state index is 0.878. The standard InChI is InChI=1S/C56H92N2/c1-3-5-7-9-11-13-15-17-19-21-23-25-27-29-31-33-35-37-41-51-43-39-45-53(49-51)55-47-48-56(58(55)57)54-46-40-44-52(50-54)42-38-36-34-32-30-28-26-24-22-20-18-16-14-12-10-8-6-4-2/h39-40,43-50H,3-38,41-42H2,1-2H3. The molecule has 0 aromatic heterocycles. The van der Waals surface area contributed by atoms with Gasteiger partial charge in [-0.3, -0.25) is 0 Å². The molecular weight excluding hydrogens is 701 g/mol. The Morgan fingerprint density at radius 3 is 0.828 bits per heavy atom. The molecule has 0 radical (unpaired) electrons. The van der Waals surface area contributed by atoms with Crippen LogP contribution in [0.15, 0.2) is 60.7 Å². The zero-order chi connectivity index (χ0) is 41.0. The van der Waals surface area contributed by atoms with Crippen molar-refractivity contribution in [3.63, 3.8) is 0 Å². The highest BCUT2D eigenvalue weighted by Crippen LogP contribution is 2.32. The molecule has 0 N–H and O–H groups in total. The summed E-state index contributed by atoms with van der Waals surface area (Å²) in [6, 6.07) is 17.7. The van der Waals surface area contributed by atoms with Crippen LogP contribution in [0.5, 0.6) is 0 Å². The van der Waals surface area contributed by atoms with Crippen molar-refractivity contribution in [1.82, 2.24) is 0 Å². The molecule has 0 aliphatic carbocycles. The van der Waals surface area contributed by atoms with Gasteiger partial charge in [0.25, 0.3) is 0 Å². The van der Waals surface area contributed by atoms with Gasteiger partial charge in [-0.15, -0.1) is 0 Å². The van der Waals surface area contributed by atoms with Crippen LogP contribution in [0.25, 0.3) is 16.9 Å². The summed E-state index contributed by atoms with van der Waals surface area (Å²) >= 11 is 0. The maximum Gasteiger partial charge on any atom is 0.207 e. The van der Waals surface area contributed by atoms with Gasteiger partial charge in [0.05, 0.1) is 0 Å². The fraction of sp³-hybridized carbons (Fsp3) is 0.714. The van der Waals surface area contributed by atoms with Crippen LogP contribution in [0.4, 0.5) is 0 Å². The smallest absolute Gasteiger partial charge is 0.207 e. The Kier molecular flexibility index (Phi) is 30.4. The van der Waals surface area contributed by atoms with E-state index in [0.717, 1.165) is 35.4 Å². The van der Waals surface area contributed by atoms with E-state index in [2.05, 4.69) is 74.5 Å². The lowest BCUT2D eigenvalue weighted by Crippen LogP contribution is -2.02.